The highest BCUT2D eigenvalue weighted by atomic mass is 16.7. The fourth-order valence-corrected chi connectivity index (χ4v) is 2.03. The third-order valence-corrected chi connectivity index (χ3v) is 4.06. The summed E-state index contributed by atoms with van der Waals surface area (Å²) in [5, 5.41) is 0. The lowest BCUT2D eigenvalue weighted by Gasteiger charge is -2.32. The number of methoxy groups -OCH3 is 1. The average Bonchev–Trinajstić information content (AvgIpc) is 2.57. The second kappa shape index (κ2) is 4.80. The van der Waals surface area contributed by atoms with Gasteiger partial charge < -0.3 is 14.0 Å². The molecule has 0 unspecified atom stereocenters. The zero-order chi connectivity index (χ0) is 14.3. The Bertz CT molecular complexity index is 458. The first-order chi connectivity index (χ1) is 8.80. The van der Waals surface area contributed by atoms with E-state index in [9.17, 15) is 0 Å². The number of pyridine rings is 1. The molecule has 2 heterocycles. The quantitative estimate of drug-likeness (QED) is 0.781. The van der Waals surface area contributed by atoms with Crippen molar-refractivity contribution in [1.82, 2.24) is 4.98 Å². The van der Waals surface area contributed by atoms with E-state index in [1.54, 1.807) is 7.11 Å². The number of nitrogens with zero attached hydrogens (tertiary/aromatic N) is 1. The maximum absolute atomic E-state index is 5.98. The number of hydrogen-bond donors (Lipinski definition) is 0. The van der Waals surface area contributed by atoms with E-state index in [0.29, 0.717) is 0 Å². The Morgan fingerprint density at radius 3 is 2.26 bits per heavy atom. The van der Waals surface area contributed by atoms with Crippen LogP contribution in [-0.2, 0) is 15.7 Å². The minimum absolute atomic E-state index is 0.351. The summed E-state index contributed by atoms with van der Waals surface area (Å²) in [5.74, 6) is 0.835. The Morgan fingerprint density at radius 1 is 1.21 bits per heavy atom. The molecule has 0 radical (unpaired) electrons. The van der Waals surface area contributed by atoms with Gasteiger partial charge in [-0.1, -0.05) is 6.92 Å². The zero-order valence-electron chi connectivity index (χ0n) is 12.6. The topological polar surface area (TPSA) is 40.6 Å². The number of rotatable bonds is 3. The van der Waals surface area contributed by atoms with Crippen molar-refractivity contribution in [2.45, 2.75) is 52.2 Å². The molecule has 0 atom stereocenters. The first kappa shape index (κ1) is 14.3. The van der Waals surface area contributed by atoms with Crippen molar-refractivity contribution in [3.63, 3.8) is 0 Å². The van der Waals surface area contributed by atoms with Crippen LogP contribution in [0.3, 0.4) is 0 Å². The molecule has 0 bridgehead atoms. The van der Waals surface area contributed by atoms with Crippen LogP contribution in [0, 0.1) is 0 Å². The van der Waals surface area contributed by atoms with Gasteiger partial charge in [0.05, 0.1) is 23.9 Å². The Kier molecular flexibility index (Phi) is 3.62. The van der Waals surface area contributed by atoms with Crippen molar-refractivity contribution in [2.75, 3.05) is 7.11 Å². The molecule has 1 fully saturated rings. The van der Waals surface area contributed by atoms with Crippen LogP contribution in [0.4, 0.5) is 0 Å². The van der Waals surface area contributed by atoms with Crippen molar-refractivity contribution in [2.24, 2.45) is 0 Å². The molecule has 1 aliphatic heterocycles. The predicted octanol–water partition coefficient (Wildman–Crippen LogP) is 1.95. The molecule has 2 rings (SSSR count). The number of hydrogen-bond acceptors (Lipinski definition) is 4. The first-order valence-electron chi connectivity index (χ1n) is 6.69. The van der Waals surface area contributed by atoms with E-state index in [-0.39, 0.29) is 11.2 Å². The standard InChI is InChI=1S/C14H22BNO3/c1-7-10-9-16-12(8-11(10)17-6)15-18-13(2,3)14(4,5)19-15/h8-9H,7H2,1-6H3. The summed E-state index contributed by atoms with van der Waals surface area (Å²) >= 11 is 0. The van der Waals surface area contributed by atoms with Gasteiger partial charge in [0.25, 0.3) is 0 Å². The molecule has 1 saturated heterocycles. The van der Waals surface area contributed by atoms with Gasteiger partial charge in [-0.25, -0.2) is 0 Å². The van der Waals surface area contributed by atoms with Gasteiger partial charge >= 0.3 is 7.12 Å². The fourth-order valence-electron chi connectivity index (χ4n) is 2.03. The highest BCUT2D eigenvalue weighted by Crippen LogP contribution is 2.36. The van der Waals surface area contributed by atoms with Crippen molar-refractivity contribution in [1.29, 1.82) is 0 Å². The molecule has 0 N–H and O–H groups in total. The Hall–Kier alpha value is -1.07. The van der Waals surface area contributed by atoms with Crippen LogP contribution < -0.4 is 10.3 Å². The maximum atomic E-state index is 5.98. The van der Waals surface area contributed by atoms with Crippen molar-refractivity contribution in [3.05, 3.63) is 17.8 Å². The predicted molar refractivity (Wildman–Crippen MR) is 75.9 cm³/mol. The van der Waals surface area contributed by atoms with Crippen LogP contribution in [0.2, 0.25) is 0 Å². The Balaban J connectivity index is 2.30. The fraction of sp³-hybridized carbons (Fsp3) is 0.643. The Morgan fingerprint density at radius 2 is 1.79 bits per heavy atom. The summed E-state index contributed by atoms with van der Waals surface area (Å²) in [4.78, 5) is 4.44. The molecular weight excluding hydrogens is 241 g/mol. The van der Waals surface area contributed by atoms with Crippen molar-refractivity contribution < 1.29 is 14.0 Å². The molecule has 104 valence electrons. The minimum atomic E-state index is -0.440. The van der Waals surface area contributed by atoms with Crippen molar-refractivity contribution in [3.8, 4) is 5.75 Å². The third kappa shape index (κ3) is 2.49. The van der Waals surface area contributed by atoms with Gasteiger partial charge in [0, 0.05) is 11.8 Å². The Labute approximate surface area is 115 Å². The molecular formula is C14H22BNO3. The van der Waals surface area contributed by atoms with Gasteiger partial charge in [-0.05, 0) is 40.2 Å². The normalized spacial score (nSPS) is 20.6. The summed E-state index contributed by atoms with van der Waals surface area (Å²) in [6, 6.07) is 1.90. The van der Waals surface area contributed by atoms with Crippen LogP contribution in [-0.4, -0.2) is 30.4 Å². The molecule has 4 nitrogen and oxygen atoms in total. The summed E-state index contributed by atoms with van der Waals surface area (Å²) in [7, 11) is 1.23. The number of aromatic nitrogens is 1. The average molecular weight is 263 g/mol. The summed E-state index contributed by atoms with van der Waals surface area (Å²) in [6.07, 6.45) is 2.72. The molecule has 1 aromatic rings. The lowest BCUT2D eigenvalue weighted by Crippen LogP contribution is -2.41. The number of aryl methyl sites for hydroxylation is 1. The molecule has 0 aromatic carbocycles. The maximum Gasteiger partial charge on any atom is 0.514 e. The van der Waals surface area contributed by atoms with E-state index in [1.807, 2.05) is 40.0 Å². The lowest BCUT2D eigenvalue weighted by molar-refractivity contribution is 0.00578. The monoisotopic (exact) mass is 263 g/mol. The molecule has 1 aliphatic rings. The largest absolute Gasteiger partial charge is 0.514 e. The first-order valence-corrected chi connectivity index (χ1v) is 6.69. The molecule has 0 aliphatic carbocycles. The van der Waals surface area contributed by atoms with Crippen LogP contribution in [0.25, 0.3) is 0 Å². The van der Waals surface area contributed by atoms with Gasteiger partial charge in [-0.3, -0.25) is 4.98 Å². The van der Waals surface area contributed by atoms with E-state index in [4.69, 9.17) is 14.0 Å². The van der Waals surface area contributed by atoms with Gasteiger partial charge in [-0.2, -0.15) is 0 Å². The molecule has 5 heteroatoms. The van der Waals surface area contributed by atoms with E-state index in [0.717, 1.165) is 23.3 Å². The van der Waals surface area contributed by atoms with Gasteiger partial charge in [0.15, 0.2) is 0 Å². The second-order valence-corrected chi connectivity index (χ2v) is 5.86. The van der Waals surface area contributed by atoms with Crippen molar-refractivity contribution >= 4 is 12.7 Å². The van der Waals surface area contributed by atoms with Gasteiger partial charge in [0.1, 0.15) is 5.75 Å². The van der Waals surface area contributed by atoms with E-state index in [1.165, 1.54) is 0 Å². The van der Waals surface area contributed by atoms with E-state index >= 15 is 0 Å². The summed E-state index contributed by atoms with van der Waals surface area (Å²) in [5.41, 5.74) is 1.14. The van der Waals surface area contributed by atoms with Crippen LogP contribution in [0.5, 0.6) is 5.75 Å². The van der Waals surface area contributed by atoms with Crippen LogP contribution in [0.1, 0.15) is 40.2 Å². The smallest absolute Gasteiger partial charge is 0.496 e. The minimum Gasteiger partial charge on any atom is -0.496 e. The highest BCUT2D eigenvalue weighted by Gasteiger charge is 2.52. The van der Waals surface area contributed by atoms with E-state index < -0.39 is 7.12 Å². The van der Waals surface area contributed by atoms with Gasteiger partial charge in [-0.15, -0.1) is 0 Å². The molecule has 0 spiro atoms. The van der Waals surface area contributed by atoms with Gasteiger partial charge in [0.2, 0.25) is 0 Å². The van der Waals surface area contributed by atoms with Crippen LogP contribution >= 0.6 is 0 Å². The van der Waals surface area contributed by atoms with E-state index in [2.05, 4.69) is 11.9 Å². The summed E-state index contributed by atoms with van der Waals surface area (Å²) < 4.78 is 17.4. The molecule has 19 heavy (non-hydrogen) atoms. The molecule has 1 aromatic heterocycles. The zero-order valence-corrected chi connectivity index (χ0v) is 12.6. The second-order valence-electron chi connectivity index (χ2n) is 5.86. The molecule has 0 amide bonds. The third-order valence-electron chi connectivity index (χ3n) is 4.06. The number of ether oxygens (including phenoxy) is 1. The molecule has 0 saturated carbocycles. The lowest BCUT2D eigenvalue weighted by atomic mass is 9.83. The highest BCUT2D eigenvalue weighted by molar-refractivity contribution is 6.61. The summed E-state index contributed by atoms with van der Waals surface area (Å²) in [6.45, 7) is 10.2. The van der Waals surface area contributed by atoms with Crippen LogP contribution in [0.15, 0.2) is 12.3 Å². The SMILES string of the molecule is CCc1cnc(B2OC(C)(C)C(C)(C)O2)cc1OC.